The second-order valence-corrected chi connectivity index (χ2v) is 4.87. The van der Waals surface area contributed by atoms with Gasteiger partial charge >= 0.3 is 0 Å². The van der Waals surface area contributed by atoms with Gasteiger partial charge in [-0.3, -0.25) is 4.90 Å². The van der Waals surface area contributed by atoms with Crippen molar-refractivity contribution in [1.82, 2.24) is 4.90 Å². The Morgan fingerprint density at radius 3 is 3.00 bits per heavy atom. The Hall–Kier alpha value is -1.26. The number of nitrogens with two attached hydrogens (primary N) is 1. The fourth-order valence-corrected chi connectivity index (χ4v) is 2.47. The van der Waals surface area contributed by atoms with Gasteiger partial charge in [0.15, 0.2) is 0 Å². The summed E-state index contributed by atoms with van der Waals surface area (Å²) in [5.41, 5.74) is 7.74. The molecule has 1 atom stereocenters. The van der Waals surface area contributed by atoms with Crippen LogP contribution in [0.4, 0.5) is 5.69 Å². The molecule has 0 saturated carbocycles. The molecule has 2 rings (SSSR count). The van der Waals surface area contributed by atoms with Crippen LogP contribution in [0, 0.1) is 5.92 Å². The van der Waals surface area contributed by atoms with Crippen molar-refractivity contribution >= 4 is 5.69 Å². The molecular weight excluding hydrogens is 228 g/mol. The summed E-state index contributed by atoms with van der Waals surface area (Å²) in [5, 5.41) is 9.16. The quantitative estimate of drug-likeness (QED) is 0.777. The molecule has 0 aliphatic carbocycles. The van der Waals surface area contributed by atoms with Crippen LogP contribution in [0.25, 0.3) is 0 Å². The highest BCUT2D eigenvalue weighted by atomic mass is 16.5. The minimum atomic E-state index is 0.283. The van der Waals surface area contributed by atoms with Crippen LogP contribution in [0.2, 0.25) is 0 Å². The number of aliphatic hydroxyl groups is 1. The summed E-state index contributed by atoms with van der Waals surface area (Å²) in [5.74, 6) is 1.33. The van der Waals surface area contributed by atoms with Crippen molar-refractivity contribution in [3.63, 3.8) is 0 Å². The highest BCUT2D eigenvalue weighted by Gasteiger charge is 2.22. The maximum absolute atomic E-state index is 9.16. The number of hydrogen-bond donors (Lipinski definition) is 2. The van der Waals surface area contributed by atoms with Crippen LogP contribution in [0.1, 0.15) is 18.9 Å². The SMILES string of the molecule is CCOc1ccc(N)cc1CN1CCC(CO)C1. The van der Waals surface area contributed by atoms with Gasteiger partial charge in [0.1, 0.15) is 5.75 Å². The third kappa shape index (κ3) is 3.15. The second kappa shape index (κ2) is 6.07. The lowest BCUT2D eigenvalue weighted by Crippen LogP contribution is -2.21. The first-order valence-corrected chi connectivity index (χ1v) is 6.57. The van der Waals surface area contributed by atoms with Crippen LogP contribution in [-0.4, -0.2) is 36.3 Å². The Kier molecular flexibility index (Phi) is 4.44. The van der Waals surface area contributed by atoms with Crippen molar-refractivity contribution < 1.29 is 9.84 Å². The molecule has 0 bridgehead atoms. The van der Waals surface area contributed by atoms with Crippen molar-refractivity contribution in [2.24, 2.45) is 5.92 Å². The van der Waals surface area contributed by atoms with Gasteiger partial charge in [0.05, 0.1) is 6.61 Å². The number of nitrogen functional groups attached to an aromatic ring is 1. The first kappa shape index (κ1) is 13.2. The zero-order valence-electron chi connectivity index (χ0n) is 10.9. The topological polar surface area (TPSA) is 58.7 Å². The molecule has 0 spiro atoms. The first-order valence-electron chi connectivity index (χ1n) is 6.57. The lowest BCUT2D eigenvalue weighted by atomic mass is 10.1. The minimum Gasteiger partial charge on any atom is -0.494 e. The number of likely N-dealkylation sites (tertiary alicyclic amines) is 1. The summed E-state index contributed by atoms with van der Waals surface area (Å²) in [4.78, 5) is 2.35. The van der Waals surface area contributed by atoms with Crippen molar-refractivity contribution in [2.75, 3.05) is 32.0 Å². The average Bonchev–Trinajstić information content (AvgIpc) is 2.80. The Bertz CT molecular complexity index is 395. The van der Waals surface area contributed by atoms with E-state index >= 15 is 0 Å². The van der Waals surface area contributed by atoms with Crippen molar-refractivity contribution in [2.45, 2.75) is 19.9 Å². The monoisotopic (exact) mass is 250 g/mol. The number of hydrogen-bond acceptors (Lipinski definition) is 4. The van der Waals surface area contributed by atoms with Crippen LogP contribution in [0.5, 0.6) is 5.75 Å². The van der Waals surface area contributed by atoms with Gasteiger partial charge in [0.2, 0.25) is 0 Å². The predicted molar refractivity (Wildman–Crippen MR) is 72.5 cm³/mol. The van der Waals surface area contributed by atoms with Crippen LogP contribution >= 0.6 is 0 Å². The molecule has 0 radical (unpaired) electrons. The van der Waals surface area contributed by atoms with Gasteiger partial charge in [-0.2, -0.15) is 0 Å². The Morgan fingerprint density at radius 2 is 2.33 bits per heavy atom. The molecule has 100 valence electrons. The summed E-state index contributed by atoms with van der Waals surface area (Å²) >= 11 is 0. The molecule has 1 aliphatic heterocycles. The Balaban J connectivity index is 2.05. The summed E-state index contributed by atoms with van der Waals surface area (Å²) in [6.45, 7) is 5.76. The fraction of sp³-hybridized carbons (Fsp3) is 0.571. The molecule has 1 aromatic carbocycles. The smallest absolute Gasteiger partial charge is 0.123 e. The Labute approximate surface area is 108 Å². The lowest BCUT2D eigenvalue weighted by molar-refractivity contribution is 0.219. The summed E-state index contributed by atoms with van der Waals surface area (Å²) in [6, 6.07) is 5.79. The van der Waals surface area contributed by atoms with Gasteiger partial charge in [-0.05, 0) is 44.0 Å². The first-order chi connectivity index (χ1) is 8.72. The largest absolute Gasteiger partial charge is 0.494 e. The maximum Gasteiger partial charge on any atom is 0.123 e. The van der Waals surface area contributed by atoms with E-state index in [4.69, 9.17) is 15.6 Å². The van der Waals surface area contributed by atoms with Gasteiger partial charge in [-0.25, -0.2) is 0 Å². The van der Waals surface area contributed by atoms with E-state index in [1.54, 1.807) is 0 Å². The van der Waals surface area contributed by atoms with E-state index in [1.165, 1.54) is 0 Å². The molecule has 1 aromatic rings. The van der Waals surface area contributed by atoms with Gasteiger partial charge in [0, 0.05) is 30.9 Å². The van der Waals surface area contributed by atoms with E-state index in [0.717, 1.165) is 43.1 Å². The van der Waals surface area contributed by atoms with E-state index in [1.807, 2.05) is 25.1 Å². The van der Waals surface area contributed by atoms with E-state index in [0.29, 0.717) is 12.5 Å². The standard InChI is InChI=1S/C14H22N2O2/c1-2-18-14-4-3-13(15)7-12(14)9-16-6-5-11(8-16)10-17/h3-4,7,11,17H,2,5-6,8-10,15H2,1H3. The van der Waals surface area contributed by atoms with Gasteiger partial charge in [0.25, 0.3) is 0 Å². The van der Waals surface area contributed by atoms with E-state index in [-0.39, 0.29) is 6.61 Å². The molecule has 0 amide bonds. The maximum atomic E-state index is 9.16. The average molecular weight is 250 g/mol. The normalized spacial score (nSPS) is 20.2. The van der Waals surface area contributed by atoms with Crippen LogP contribution in [0.15, 0.2) is 18.2 Å². The van der Waals surface area contributed by atoms with E-state index < -0.39 is 0 Å². The fourth-order valence-electron chi connectivity index (χ4n) is 2.47. The molecule has 1 fully saturated rings. The number of nitrogens with zero attached hydrogens (tertiary/aromatic N) is 1. The zero-order valence-corrected chi connectivity index (χ0v) is 10.9. The summed E-state index contributed by atoms with van der Waals surface area (Å²) in [7, 11) is 0. The van der Waals surface area contributed by atoms with Crippen molar-refractivity contribution in [3.05, 3.63) is 23.8 Å². The molecule has 1 saturated heterocycles. The molecule has 3 N–H and O–H groups in total. The zero-order chi connectivity index (χ0) is 13.0. The Morgan fingerprint density at radius 1 is 1.50 bits per heavy atom. The molecule has 1 unspecified atom stereocenters. The molecule has 18 heavy (non-hydrogen) atoms. The van der Waals surface area contributed by atoms with Crippen molar-refractivity contribution in [1.29, 1.82) is 0 Å². The second-order valence-electron chi connectivity index (χ2n) is 4.87. The summed E-state index contributed by atoms with van der Waals surface area (Å²) in [6.07, 6.45) is 1.07. The van der Waals surface area contributed by atoms with Crippen LogP contribution in [0.3, 0.4) is 0 Å². The molecule has 1 heterocycles. The highest BCUT2D eigenvalue weighted by molar-refractivity contribution is 5.47. The molecule has 1 aliphatic rings. The molecular formula is C14H22N2O2. The number of anilines is 1. The number of aliphatic hydroxyl groups excluding tert-OH is 1. The van der Waals surface area contributed by atoms with Gasteiger partial charge in [-0.15, -0.1) is 0 Å². The van der Waals surface area contributed by atoms with Crippen molar-refractivity contribution in [3.8, 4) is 5.75 Å². The van der Waals surface area contributed by atoms with Gasteiger partial charge in [-0.1, -0.05) is 0 Å². The van der Waals surface area contributed by atoms with Crippen LogP contribution < -0.4 is 10.5 Å². The number of ether oxygens (including phenoxy) is 1. The molecule has 0 aromatic heterocycles. The highest BCUT2D eigenvalue weighted by Crippen LogP contribution is 2.25. The third-order valence-corrected chi connectivity index (χ3v) is 3.41. The van der Waals surface area contributed by atoms with Gasteiger partial charge < -0.3 is 15.6 Å². The molecule has 4 heteroatoms. The number of rotatable bonds is 5. The summed E-state index contributed by atoms with van der Waals surface area (Å²) < 4.78 is 5.62. The van der Waals surface area contributed by atoms with E-state index in [9.17, 15) is 0 Å². The molecule has 4 nitrogen and oxygen atoms in total. The predicted octanol–water partition coefficient (Wildman–Crippen LogP) is 1.48. The third-order valence-electron chi connectivity index (χ3n) is 3.41. The number of benzene rings is 1. The van der Waals surface area contributed by atoms with E-state index in [2.05, 4.69) is 4.90 Å². The minimum absolute atomic E-state index is 0.283. The lowest BCUT2D eigenvalue weighted by Gasteiger charge is -2.18. The van der Waals surface area contributed by atoms with Crippen LogP contribution in [-0.2, 0) is 6.54 Å².